The Morgan fingerprint density at radius 3 is 0.988 bits per heavy atom. The van der Waals surface area contributed by atoms with Gasteiger partial charge in [0.2, 0.25) is 0 Å². The molecule has 14 aromatic carbocycles. The molecule has 0 spiro atoms. The molecule has 85 heavy (non-hydrogen) atoms. The van der Waals surface area contributed by atoms with Gasteiger partial charge in [-0.15, -0.1) is 0 Å². The van der Waals surface area contributed by atoms with Gasteiger partial charge < -0.3 is 14.6 Å². The van der Waals surface area contributed by atoms with Crippen LogP contribution in [0.25, 0.3) is 132 Å². The number of nitrogen functional groups attached to an aromatic ring is 1. The Labute approximate surface area is 499 Å². The van der Waals surface area contributed by atoms with Crippen molar-refractivity contribution in [3.05, 3.63) is 332 Å². The van der Waals surface area contributed by atoms with Crippen molar-refractivity contribution in [2.75, 3.05) is 5.73 Å². The van der Waals surface area contributed by atoms with Gasteiger partial charge in [-0.1, -0.05) is 291 Å². The fraction of sp³-hybridized carbons (Fsp3) is 0.0123. The molecule has 0 fully saturated rings. The summed E-state index contributed by atoms with van der Waals surface area (Å²) in [5, 5.41) is 10.5. The second kappa shape index (κ2) is 23.3. The summed E-state index contributed by atoms with van der Waals surface area (Å²) in [4.78, 5) is 0. The minimum absolute atomic E-state index is 0.765. The Kier molecular flexibility index (Phi) is 14.3. The molecule has 0 saturated carbocycles. The van der Waals surface area contributed by atoms with E-state index in [1.54, 1.807) is 0 Å². The van der Waals surface area contributed by atoms with Gasteiger partial charge in [0, 0.05) is 43.4 Å². The summed E-state index contributed by atoms with van der Waals surface area (Å²) < 4.78 is 12.3. The van der Waals surface area contributed by atoms with Crippen LogP contribution in [0.5, 0.6) is 0 Å². The standard InChI is InChI=1S/C41H28O.C22H15Cl.C18H13NO/c1-2-9-35-32(7-1)8-5-11-36(35)33-25-23-31(24-26-33)30-19-15-28(16-20-30)27-29-17-21-34(22-18-29)37-12-6-13-39-38-10-3-4-14-40(38)42-41(37)39;23-20-14-12-17(13-15-20)16-8-10-19(11-9-16)22-7-3-5-18-4-1-2-6-21(18)22;19-13-10-8-12(9-11-13)14-5-3-6-16-15-4-1-2-7-17(15)20-18(14)16/h1-26H,27H2;1-15H;1-11H,19H2. The molecule has 2 heterocycles. The molecule has 0 saturated heterocycles. The molecule has 3 nitrogen and oxygen atoms in total. The topological polar surface area (TPSA) is 52.3 Å². The number of furan rings is 2. The van der Waals surface area contributed by atoms with Gasteiger partial charge in [0.15, 0.2) is 0 Å². The quantitative estimate of drug-likeness (QED) is 0.154. The first-order valence-corrected chi connectivity index (χ1v) is 29.1. The van der Waals surface area contributed by atoms with E-state index in [9.17, 15) is 0 Å². The van der Waals surface area contributed by atoms with Gasteiger partial charge in [0.1, 0.15) is 22.3 Å². The molecule has 0 aliphatic carbocycles. The van der Waals surface area contributed by atoms with Crippen molar-refractivity contribution in [2.24, 2.45) is 0 Å². The van der Waals surface area contributed by atoms with Gasteiger partial charge in [-0.2, -0.15) is 0 Å². The number of halogens is 1. The fourth-order valence-electron chi connectivity index (χ4n) is 11.7. The van der Waals surface area contributed by atoms with Crippen LogP contribution in [0.3, 0.4) is 0 Å². The maximum absolute atomic E-state index is 6.26. The average molecular weight is 1110 g/mol. The van der Waals surface area contributed by atoms with Gasteiger partial charge >= 0.3 is 0 Å². The van der Waals surface area contributed by atoms with Gasteiger partial charge in [-0.05, 0) is 131 Å². The Balaban J connectivity index is 0.000000125. The third-order valence-electron chi connectivity index (χ3n) is 16.1. The molecule has 16 rings (SSSR count). The summed E-state index contributed by atoms with van der Waals surface area (Å²) in [5.74, 6) is 0. The molecule has 0 unspecified atom stereocenters. The number of rotatable bonds is 8. The van der Waals surface area contributed by atoms with Gasteiger partial charge in [-0.25, -0.2) is 0 Å². The summed E-state index contributed by atoms with van der Waals surface area (Å²) in [7, 11) is 0. The minimum atomic E-state index is 0.765. The predicted molar refractivity (Wildman–Crippen MR) is 360 cm³/mol. The van der Waals surface area contributed by atoms with Crippen LogP contribution in [-0.4, -0.2) is 0 Å². The van der Waals surface area contributed by atoms with Crippen molar-refractivity contribution in [3.8, 4) is 66.8 Å². The van der Waals surface area contributed by atoms with Crippen molar-refractivity contribution in [2.45, 2.75) is 6.42 Å². The first kappa shape index (κ1) is 52.4. The second-order valence-electron chi connectivity index (χ2n) is 21.5. The van der Waals surface area contributed by atoms with Crippen LogP contribution in [0.2, 0.25) is 5.02 Å². The second-order valence-corrected chi connectivity index (χ2v) is 21.9. The lowest BCUT2D eigenvalue weighted by Gasteiger charge is -2.09. The minimum Gasteiger partial charge on any atom is -0.455 e. The highest BCUT2D eigenvalue weighted by Gasteiger charge is 2.14. The summed E-state index contributed by atoms with van der Waals surface area (Å²) in [6.45, 7) is 0. The largest absolute Gasteiger partial charge is 0.455 e. The average Bonchev–Trinajstić information content (AvgIpc) is 3.86. The van der Waals surface area contributed by atoms with Crippen LogP contribution in [0.15, 0.2) is 324 Å². The van der Waals surface area contributed by atoms with Crippen molar-refractivity contribution in [1.82, 2.24) is 0 Å². The first-order chi connectivity index (χ1) is 41.9. The summed E-state index contributed by atoms with van der Waals surface area (Å²) in [6.07, 6.45) is 0.898. The van der Waals surface area contributed by atoms with Crippen LogP contribution in [0, 0.1) is 0 Å². The van der Waals surface area contributed by atoms with Crippen LogP contribution in [0.1, 0.15) is 11.1 Å². The van der Waals surface area contributed by atoms with E-state index in [-0.39, 0.29) is 0 Å². The van der Waals surface area contributed by atoms with Crippen molar-refractivity contribution in [1.29, 1.82) is 0 Å². The van der Waals surface area contributed by atoms with E-state index < -0.39 is 0 Å². The molecule has 2 N–H and O–H groups in total. The van der Waals surface area contributed by atoms with Crippen molar-refractivity contribution < 1.29 is 8.83 Å². The zero-order valence-corrected chi connectivity index (χ0v) is 47.3. The number of nitrogens with two attached hydrogens (primary N) is 1. The number of hydrogen-bond donors (Lipinski definition) is 1. The Hall–Kier alpha value is -10.7. The molecule has 16 aromatic rings. The van der Waals surface area contributed by atoms with E-state index in [1.807, 2.05) is 66.7 Å². The molecule has 2 aromatic heterocycles. The molecule has 404 valence electrons. The van der Waals surface area contributed by atoms with Crippen LogP contribution < -0.4 is 5.73 Å². The highest BCUT2D eigenvalue weighted by Crippen LogP contribution is 2.39. The van der Waals surface area contributed by atoms with Crippen LogP contribution in [-0.2, 0) is 6.42 Å². The fourth-order valence-corrected chi connectivity index (χ4v) is 11.9. The number of fused-ring (bicyclic) bond motifs is 8. The molecule has 0 aliphatic rings. The lowest BCUT2D eigenvalue weighted by molar-refractivity contribution is 0.669. The third-order valence-corrected chi connectivity index (χ3v) is 16.4. The smallest absolute Gasteiger partial charge is 0.143 e. The highest BCUT2D eigenvalue weighted by atomic mass is 35.5. The summed E-state index contributed by atoms with van der Waals surface area (Å²) in [5.41, 5.74) is 27.2. The monoisotopic (exact) mass is 1110 g/mol. The normalized spacial score (nSPS) is 11.2. The van der Waals surface area contributed by atoms with E-state index >= 15 is 0 Å². The number of hydrogen-bond acceptors (Lipinski definition) is 3. The molecule has 0 atom stereocenters. The van der Waals surface area contributed by atoms with Crippen LogP contribution in [0.4, 0.5) is 5.69 Å². The van der Waals surface area contributed by atoms with Gasteiger partial charge in [-0.3, -0.25) is 0 Å². The van der Waals surface area contributed by atoms with Crippen molar-refractivity contribution >= 4 is 82.7 Å². The maximum Gasteiger partial charge on any atom is 0.143 e. The first-order valence-electron chi connectivity index (χ1n) is 28.7. The Bertz CT molecular complexity index is 4990. The lowest BCUT2D eigenvalue weighted by atomic mass is 9.95. The Morgan fingerprint density at radius 1 is 0.247 bits per heavy atom. The number of para-hydroxylation sites is 4. The zero-order valence-electron chi connectivity index (χ0n) is 46.5. The highest BCUT2D eigenvalue weighted by molar-refractivity contribution is 6.30. The number of benzene rings is 14. The molecular formula is C81H56ClNO2. The zero-order chi connectivity index (χ0) is 57.1. The van der Waals surface area contributed by atoms with E-state index in [1.165, 1.54) is 82.7 Å². The SMILES string of the molecule is Clc1ccc(-c2ccc(-c3cccc4ccccc34)cc2)cc1.Nc1ccc(-c2cccc3c2oc2ccccc23)cc1.c1ccc2c(-c3ccc(-c4ccc(Cc5ccc(-c6cccc7c6oc6ccccc67)cc5)cc4)cc3)cccc2c1. The van der Waals surface area contributed by atoms with E-state index in [4.69, 9.17) is 26.2 Å². The predicted octanol–water partition coefficient (Wildman–Crippen LogP) is 23.0. The molecule has 0 radical (unpaired) electrons. The van der Waals surface area contributed by atoms with E-state index in [0.29, 0.717) is 0 Å². The van der Waals surface area contributed by atoms with E-state index in [0.717, 1.165) is 77.7 Å². The molecule has 0 bridgehead atoms. The maximum atomic E-state index is 6.26. The number of anilines is 1. The molecular weight excluding hydrogens is 1050 g/mol. The van der Waals surface area contributed by atoms with E-state index in [2.05, 4.69) is 249 Å². The summed E-state index contributed by atoms with van der Waals surface area (Å²) >= 11 is 5.96. The lowest BCUT2D eigenvalue weighted by Crippen LogP contribution is -1.89. The van der Waals surface area contributed by atoms with Gasteiger partial charge in [0.05, 0.1) is 0 Å². The van der Waals surface area contributed by atoms with Crippen LogP contribution >= 0.6 is 11.6 Å². The third kappa shape index (κ3) is 10.8. The molecule has 0 amide bonds. The molecule has 4 heteroatoms. The summed E-state index contributed by atoms with van der Waals surface area (Å²) in [6, 6.07) is 110. The van der Waals surface area contributed by atoms with Gasteiger partial charge in [0.25, 0.3) is 0 Å². The molecule has 0 aliphatic heterocycles. The Morgan fingerprint density at radius 2 is 0.541 bits per heavy atom. The van der Waals surface area contributed by atoms with Crippen molar-refractivity contribution in [3.63, 3.8) is 0 Å².